The molecule has 8 heteroatoms. The lowest BCUT2D eigenvalue weighted by molar-refractivity contribution is -0.214. The van der Waals surface area contributed by atoms with E-state index in [1.807, 2.05) is 0 Å². The van der Waals surface area contributed by atoms with Gasteiger partial charge in [-0.05, 0) is 0 Å². The summed E-state index contributed by atoms with van der Waals surface area (Å²) in [5, 5.41) is 0. The first-order chi connectivity index (χ1) is 8.81. The van der Waals surface area contributed by atoms with Crippen molar-refractivity contribution < 1.29 is 33.3 Å². The van der Waals surface area contributed by atoms with Crippen LogP contribution < -0.4 is 0 Å². The van der Waals surface area contributed by atoms with Crippen LogP contribution in [0.2, 0.25) is 0 Å². The predicted molar refractivity (Wildman–Crippen MR) is 62.3 cm³/mol. The third-order valence-electron chi connectivity index (χ3n) is 2.29. The second-order valence-corrected chi connectivity index (χ2v) is 4.41. The van der Waals surface area contributed by atoms with E-state index >= 15 is 0 Å². The normalized spacial score (nSPS) is 30.3. The third kappa shape index (κ3) is 4.68. The predicted octanol–water partition coefficient (Wildman–Crippen LogP) is 0.377. The molecule has 0 spiro atoms. The van der Waals surface area contributed by atoms with E-state index < -0.39 is 41.8 Å². The van der Waals surface area contributed by atoms with Crippen LogP contribution in [0.1, 0.15) is 20.8 Å². The molecule has 1 rings (SSSR count). The summed E-state index contributed by atoms with van der Waals surface area (Å²) in [6.45, 7) is 3.53. The Morgan fingerprint density at radius 2 is 1.42 bits per heavy atom. The number of carbonyl (C=O) groups excluding carboxylic acids is 3. The summed E-state index contributed by atoms with van der Waals surface area (Å²) in [6.07, 6.45) is -2.91. The molecule has 108 valence electrons. The molecule has 0 saturated carbocycles. The highest BCUT2D eigenvalue weighted by Crippen LogP contribution is 2.26. The highest BCUT2D eigenvalue weighted by Gasteiger charge is 2.46. The third-order valence-corrected chi connectivity index (χ3v) is 2.66. The molecule has 1 fully saturated rings. The van der Waals surface area contributed by atoms with E-state index in [1.54, 1.807) is 0 Å². The molecule has 19 heavy (non-hydrogen) atoms. The van der Waals surface area contributed by atoms with Gasteiger partial charge in [0.05, 0.1) is 6.61 Å². The van der Waals surface area contributed by atoms with E-state index in [0.29, 0.717) is 0 Å². The van der Waals surface area contributed by atoms with E-state index in [0.717, 1.165) is 0 Å². The van der Waals surface area contributed by atoms with Crippen LogP contribution in [-0.4, -0.2) is 48.4 Å². The summed E-state index contributed by atoms with van der Waals surface area (Å²) in [4.78, 5) is 33.1. The average Bonchev–Trinajstić information content (AvgIpc) is 2.25. The van der Waals surface area contributed by atoms with E-state index in [1.165, 1.54) is 20.8 Å². The minimum atomic E-state index is -1.04. The molecule has 0 aromatic heterocycles. The number of esters is 3. The standard InChI is InChI=1S/C11H15ClO7/c1-5(13)17-8-4-16-11(12)10(19-7(3)15)9(8)18-6(2)14/h8-11H,4H2,1-3H3/t8-,9-,10-,11?/m1/s1. The molecular formula is C11H15ClO7. The van der Waals surface area contributed by atoms with Crippen molar-refractivity contribution in [1.82, 2.24) is 0 Å². The Bertz CT molecular complexity index is 370. The second kappa shape index (κ2) is 6.72. The van der Waals surface area contributed by atoms with Gasteiger partial charge in [-0.15, -0.1) is 0 Å². The molecule has 1 aliphatic heterocycles. The number of ether oxygens (including phenoxy) is 4. The maximum absolute atomic E-state index is 11.1. The summed E-state index contributed by atoms with van der Waals surface area (Å²) in [5.74, 6) is -1.79. The van der Waals surface area contributed by atoms with Crippen molar-refractivity contribution in [2.75, 3.05) is 6.61 Å². The van der Waals surface area contributed by atoms with E-state index in [9.17, 15) is 14.4 Å². The van der Waals surface area contributed by atoms with Gasteiger partial charge in [0.1, 0.15) is 0 Å². The van der Waals surface area contributed by atoms with Crippen molar-refractivity contribution in [2.24, 2.45) is 0 Å². The van der Waals surface area contributed by atoms with Crippen LogP contribution in [0.5, 0.6) is 0 Å². The fraction of sp³-hybridized carbons (Fsp3) is 0.727. The molecule has 0 N–H and O–H groups in total. The lowest BCUT2D eigenvalue weighted by Crippen LogP contribution is -2.55. The van der Waals surface area contributed by atoms with Crippen LogP contribution in [0.4, 0.5) is 0 Å². The highest BCUT2D eigenvalue weighted by molar-refractivity contribution is 6.20. The van der Waals surface area contributed by atoms with Crippen molar-refractivity contribution in [3.05, 3.63) is 0 Å². The zero-order chi connectivity index (χ0) is 14.6. The topological polar surface area (TPSA) is 88.1 Å². The molecule has 1 heterocycles. The molecule has 0 bridgehead atoms. The van der Waals surface area contributed by atoms with Gasteiger partial charge in [-0.1, -0.05) is 11.6 Å². The Balaban J connectivity index is 2.89. The number of halogens is 1. The number of hydrogen-bond acceptors (Lipinski definition) is 7. The first-order valence-electron chi connectivity index (χ1n) is 5.58. The van der Waals surface area contributed by atoms with Crippen molar-refractivity contribution in [1.29, 1.82) is 0 Å². The fourth-order valence-electron chi connectivity index (χ4n) is 1.70. The highest BCUT2D eigenvalue weighted by atomic mass is 35.5. The van der Waals surface area contributed by atoms with Gasteiger partial charge in [-0.3, -0.25) is 14.4 Å². The molecule has 7 nitrogen and oxygen atoms in total. The summed E-state index contributed by atoms with van der Waals surface area (Å²) < 4.78 is 20.1. The molecule has 4 atom stereocenters. The largest absolute Gasteiger partial charge is 0.456 e. The van der Waals surface area contributed by atoms with E-state index in [-0.39, 0.29) is 6.61 Å². The molecule has 1 saturated heterocycles. The minimum Gasteiger partial charge on any atom is -0.456 e. The molecule has 0 aromatic carbocycles. The summed E-state index contributed by atoms with van der Waals surface area (Å²) >= 11 is 5.88. The Kier molecular flexibility index (Phi) is 5.56. The zero-order valence-corrected chi connectivity index (χ0v) is 11.5. The van der Waals surface area contributed by atoms with Gasteiger partial charge in [-0.25, -0.2) is 0 Å². The smallest absolute Gasteiger partial charge is 0.303 e. The Hall–Kier alpha value is -1.34. The van der Waals surface area contributed by atoms with Gasteiger partial charge in [0.2, 0.25) is 0 Å². The van der Waals surface area contributed by atoms with Gasteiger partial charge in [0.25, 0.3) is 0 Å². The molecule has 0 aromatic rings. The zero-order valence-electron chi connectivity index (χ0n) is 10.8. The minimum absolute atomic E-state index is 0.0521. The molecular weight excluding hydrogens is 280 g/mol. The van der Waals surface area contributed by atoms with Crippen molar-refractivity contribution >= 4 is 29.5 Å². The Labute approximate surface area is 115 Å². The van der Waals surface area contributed by atoms with Gasteiger partial charge < -0.3 is 18.9 Å². The van der Waals surface area contributed by atoms with Gasteiger partial charge in [0.15, 0.2) is 23.9 Å². The average molecular weight is 295 g/mol. The van der Waals surface area contributed by atoms with E-state index in [4.69, 9.17) is 30.5 Å². The quantitative estimate of drug-likeness (QED) is 0.422. The number of carbonyl (C=O) groups is 3. The molecule has 0 amide bonds. The van der Waals surface area contributed by atoms with Crippen LogP contribution in [0.25, 0.3) is 0 Å². The Morgan fingerprint density at radius 1 is 0.947 bits per heavy atom. The van der Waals surface area contributed by atoms with Gasteiger partial charge in [0, 0.05) is 20.8 Å². The summed E-state index contributed by atoms with van der Waals surface area (Å²) in [6, 6.07) is 0. The maximum Gasteiger partial charge on any atom is 0.303 e. The fourth-order valence-corrected chi connectivity index (χ4v) is 1.97. The SMILES string of the molecule is CC(=O)O[C@@H]1[C@H](OC(C)=O)COC(Cl)[C@@H]1OC(C)=O. The maximum atomic E-state index is 11.1. The van der Waals surface area contributed by atoms with Gasteiger partial charge in [-0.2, -0.15) is 0 Å². The molecule has 1 aliphatic rings. The van der Waals surface area contributed by atoms with Gasteiger partial charge >= 0.3 is 17.9 Å². The Morgan fingerprint density at radius 3 is 1.89 bits per heavy atom. The van der Waals surface area contributed by atoms with E-state index in [2.05, 4.69) is 0 Å². The lowest BCUT2D eigenvalue weighted by Gasteiger charge is -2.38. The van der Waals surface area contributed by atoms with Crippen LogP contribution in [0.3, 0.4) is 0 Å². The summed E-state index contributed by atoms with van der Waals surface area (Å²) in [5.41, 5.74) is -0.986. The van der Waals surface area contributed by atoms with Crippen molar-refractivity contribution in [3.8, 4) is 0 Å². The van der Waals surface area contributed by atoms with Crippen LogP contribution in [-0.2, 0) is 33.3 Å². The van der Waals surface area contributed by atoms with Crippen LogP contribution in [0.15, 0.2) is 0 Å². The number of alkyl halides is 1. The van der Waals surface area contributed by atoms with Crippen LogP contribution >= 0.6 is 11.6 Å². The number of hydrogen-bond donors (Lipinski definition) is 0. The molecule has 0 radical (unpaired) electrons. The first kappa shape index (κ1) is 15.7. The number of rotatable bonds is 3. The second-order valence-electron chi connectivity index (χ2n) is 3.98. The first-order valence-corrected chi connectivity index (χ1v) is 6.02. The van der Waals surface area contributed by atoms with Crippen LogP contribution in [0, 0.1) is 0 Å². The van der Waals surface area contributed by atoms with Crippen molar-refractivity contribution in [3.63, 3.8) is 0 Å². The lowest BCUT2D eigenvalue weighted by atomic mass is 10.1. The molecule has 0 aliphatic carbocycles. The van der Waals surface area contributed by atoms with Crippen molar-refractivity contribution in [2.45, 2.75) is 44.6 Å². The summed E-state index contributed by atoms with van der Waals surface area (Å²) in [7, 11) is 0. The molecule has 1 unspecified atom stereocenters. The monoisotopic (exact) mass is 294 g/mol.